The van der Waals surface area contributed by atoms with Gasteiger partial charge in [0, 0.05) is 22.9 Å². The zero-order chi connectivity index (χ0) is 22.2. The van der Waals surface area contributed by atoms with Gasteiger partial charge in [-0.1, -0.05) is 24.6 Å². The van der Waals surface area contributed by atoms with Crippen LogP contribution in [-0.2, 0) is 23.9 Å². The summed E-state index contributed by atoms with van der Waals surface area (Å²) in [7, 11) is 1.23. The number of dihydropyridines is 1. The molecule has 1 aromatic rings. The second-order valence-electron chi connectivity index (χ2n) is 7.43. The maximum absolute atomic E-state index is 14.3. The molecular weight excluding hydrogens is 413 g/mol. The molecule has 0 aromatic heterocycles. The minimum Gasteiger partial charge on any atom is -0.468 e. The zero-order valence-corrected chi connectivity index (χ0v) is 17.9. The van der Waals surface area contributed by atoms with Crippen molar-refractivity contribution >= 4 is 29.3 Å². The second kappa shape index (κ2) is 8.60. The molecule has 0 amide bonds. The fourth-order valence-corrected chi connectivity index (χ4v) is 4.30. The van der Waals surface area contributed by atoms with Gasteiger partial charge < -0.3 is 14.8 Å². The van der Waals surface area contributed by atoms with Crippen molar-refractivity contribution in [1.29, 1.82) is 0 Å². The van der Waals surface area contributed by atoms with Gasteiger partial charge in [-0.25, -0.2) is 9.18 Å². The molecule has 0 saturated carbocycles. The number of ether oxygens (including phenoxy) is 2. The monoisotopic (exact) mass is 435 g/mol. The maximum Gasteiger partial charge on any atom is 0.336 e. The second-order valence-corrected chi connectivity index (χ2v) is 7.84. The molecule has 0 unspecified atom stereocenters. The number of halogens is 2. The van der Waals surface area contributed by atoms with Crippen LogP contribution in [0.25, 0.3) is 0 Å². The quantitative estimate of drug-likeness (QED) is 0.574. The molecule has 0 bridgehead atoms. The van der Waals surface area contributed by atoms with Crippen LogP contribution in [0.1, 0.15) is 38.7 Å². The van der Waals surface area contributed by atoms with Crippen molar-refractivity contribution in [2.45, 2.75) is 33.1 Å². The van der Waals surface area contributed by atoms with Crippen molar-refractivity contribution in [3.63, 3.8) is 0 Å². The highest BCUT2D eigenvalue weighted by atomic mass is 35.5. The van der Waals surface area contributed by atoms with Crippen LogP contribution in [-0.4, -0.2) is 31.4 Å². The summed E-state index contributed by atoms with van der Waals surface area (Å²) in [6.07, 6.45) is 0.404. The summed E-state index contributed by atoms with van der Waals surface area (Å²) in [5, 5.41) is 3.06. The smallest absolute Gasteiger partial charge is 0.336 e. The molecule has 1 aliphatic heterocycles. The summed E-state index contributed by atoms with van der Waals surface area (Å²) in [5.74, 6) is -4.55. The van der Waals surface area contributed by atoms with E-state index in [1.165, 1.54) is 19.2 Å². The molecule has 0 radical (unpaired) electrons. The van der Waals surface area contributed by atoms with E-state index in [-0.39, 0.29) is 28.7 Å². The summed E-state index contributed by atoms with van der Waals surface area (Å²) >= 11 is 5.83. The first kappa shape index (κ1) is 22.0. The van der Waals surface area contributed by atoms with Gasteiger partial charge in [-0.15, -0.1) is 0 Å². The summed E-state index contributed by atoms with van der Waals surface area (Å²) in [5.41, 5.74) is 1.95. The molecule has 160 valence electrons. The maximum atomic E-state index is 14.3. The predicted octanol–water partition coefficient (Wildman–Crippen LogP) is 3.66. The number of hydrogen-bond acceptors (Lipinski definition) is 6. The number of carbonyl (C=O) groups is 3. The normalized spacial score (nSPS) is 23.7. The standard InChI is InChI=1S/C22H23ClFNO5/c1-5-30-22(28)17-11(3)25-15-8-10(2)16(21(27)29-4)20(26)19(15)18(17)12-6-7-13(23)14(24)9-12/h6-7,9-10,16,18,25H,5,8H2,1-4H3/t10-,16-,18+/m0/s1. The number of rotatable bonds is 4. The van der Waals surface area contributed by atoms with Crippen molar-refractivity contribution in [2.75, 3.05) is 13.7 Å². The number of allylic oxidation sites excluding steroid dienone is 3. The third-order valence-corrected chi connectivity index (χ3v) is 5.82. The Hall–Kier alpha value is -2.67. The summed E-state index contributed by atoms with van der Waals surface area (Å²) < 4.78 is 24.3. The lowest BCUT2D eigenvalue weighted by molar-refractivity contribution is -0.151. The SMILES string of the molecule is CCOC(=O)C1=C(C)NC2=C(C(=O)[C@@H](C(=O)OC)[C@@H](C)C2)[C@@H]1c1ccc(Cl)c(F)c1. The van der Waals surface area contributed by atoms with E-state index in [2.05, 4.69) is 5.32 Å². The van der Waals surface area contributed by atoms with E-state index < -0.39 is 35.4 Å². The zero-order valence-electron chi connectivity index (χ0n) is 17.2. The van der Waals surface area contributed by atoms with Gasteiger partial charge in [0.05, 0.1) is 24.3 Å². The van der Waals surface area contributed by atoms with Crippen LogP contribution in [0.2, 0.25) is 5.02 Å². The minimum absolute atomic E-state index is 0.0729. The first-order chi connectivity index (χ1) is 14.2. The summed E-state index contributed by atoms with van der Waals surface area (Å²) in [6, 6.07) is 4.14. The van der Waals surface area contributed by atoms with E-state index >= 15 is 0 Å². The van der Waals surface area contributed by atoms with Gasteiger partial charge in [0.2, 0.25) is 0 Å². The Morgan fingerprint density at radius 2 is 2.03 bits per heavy atom. The van der Waals surface area contributed by atoms with Gasteiger partial charge in [0.15, 0.2) is 5.78 Å². The number of carbonyl (C=O) groups excluding carboxylic acids is 3. The Kier molecular flexibility index (Phi) is 6.31. The number of hydrogen-bond donors (Lipinski definition) is 1. The lowest BCUT2D eigenvalue weighted by Crippen LogP contribution is -2.43. The Morgan fingerprint density at radius 1 is 1.33 bits per heavy atom. The van der Waals surface area contributed by atoms with Crippen molar-refractivity contribution < 1.29 is 28.2 Å². The number of esters is 2. The van der Waals surface area contributed by atoms with E-state index in [4.69, 9.17) is 21.1 Å². The lowest BCUT2D eigenvalue weighted by atomic mass is 9.69. The summed E-state index contributed by atoms with van der Waals surface area (Å²) in [4.78, 5) is 38.6. The van der Waals surface area contributed by atoms with Gasteiger partial charge in [-0.05, 0) is 43.9 Å². The van der Waals surface area contributed by atoms with Gasteiger partial charge >= 0.3 is 11.9 Å². The molecule has 1 aromatic carbocycles. The molecule has 8 heteroatoms. The van der Waals surface area contributed by atoms with Crippen LogP contribution < -0.4 is 5.32 Å². The van der Waals surface area contributed by atoms with Crippen LogP contribution in [0, 0.1) is 17.7 Å². The fourth-order valence-electron chi connectivity index (χ4n) is 4.19. The van der Waals surface area contributed by atoms with Gasteiger partial charge in [-0.3, -0.25) is 9.59 Å². The van der Waals surface area contributed by atoms with Crippen molar-refractivity contribution in [3.8, 4) is 0 Å². The third kappa shape index (κ3) is 3.74. The van der Waals surface area contributed by atoms with E-state index in [0.29, 0.717) is 23.4 Å². The van der Waals surface area contributed by atoms with Crippen molar-refractivity contribution in [1.82, 2.24) is 5.32 Å². The first-order valence-electron chi connectivity index (χ1n) is 9.66. The molecular formula is C22H23ClFNO5. The number of ketones is 1. The van der Waals surface area contributed by atoms with E-state index in [1.807, 2.05) is 0 Å². The molecule has 1 aliphatic carbocycles. The number of nitrogens with one attached hydrogen (secondary N) is 1. The highest BCUT2D eigenvalue weighted by Crippen LogP contribution is 2.45. The molecule has 1 heterocycles. The Labute approximate surface area is 179 Å². The van der Waals surface area contributed by atoms with Gasteiger partial charge in [0.1, 0.15) is 11.7 Å². The molecule has 6 nitrogen and oxygen atoms in total. The molecule has 3 atom stereocenters. The average molecular weight is 436 g/mol. The number of benzene rings is 1. The van der Waals surface area contributed by atoms with E-state index in [0.717, 1.165) is 0 Å². The molecule has 2 aliphatic rings. The Balaban J connectivity index is 2.21. The lowest BCUT2D eigenvalue weighted by Gasteiger charge is -2.38. The van der Waals surface area contributed by atoms with Crippen LogP contribution in [0.4, 0.5) is 4.39 Å². The van der Waals surface area contributed by atoms with Crippen LogP contribution in [0.15, 0.2) is 40.7 Å². The van der Waals surface area contributed by atoms with Crippen LogP contribution in [0.5, 0.6) is 0 Å². The number of methoxy groups -OCH3 is 1. The average Bonchev–Trinajstić information content (AvgIpc) is 2.68. The Morgan fingerprint density at radius 3 is 2.63 bits per heavy atom. The summed E-state index contributed by atoms with van der Waals surface area (Å²) in [6.45, 7) is 5.31. The first-order valence-corrected chi connectivity index (χ1v) is 10.0. The van der Waals surface area contributed by atoms with Crippen LogP contribution in [0.3, 0.4) is 0 Å². The number of Topliss-reactive ketones (excluding diaryl/α,β-unsaturated/α-hetero) is 1. The van der Waals surface area contributed by atoms with E-state index in [1.54, 1.807) is 26.8 Å². The van der Waals surface area contributed by atoms with Crippen molar-refractivity contribution in [3.05, 3.63) is 57.1 Å². The minimum atomic E-state index is -1.00. The molecule has 1 N–H and O–H groups in total. The molecule has 0 saturated heterocycles. The molecule has 3 rings (SSSR count). The van der Waals surface area contributed by atoms with Gasteiger partial charge in [0.25, 0.3) is 0 Å². The van der Waals surface area contributed by atoms with Crippen LogP contribution >= 0.6 is 11.6 Å². The predicted molar refractivity (Wildman–Crippen MR) is 108 cm³/mol. The van der Waals surface area contributed by atoms with Gasteiger partial charge in [-0.2, -0.15) is 0 Å². The van der Waals surface area contributed by atoms with E-state index in [9.17, 15) is 18.8 Å². The topological polar surface area (TPSA) is 81.7 Å². The third-order valence-electron chi connectivity index (χ3n) is 5.52. The molecule has 30 heavy (non-hydrogen) atoms. The molecule has 0 spiro atoms. The largest absolute Gasteiger partial charge is 0.468 e. The molecule has 0 fully saturated rings. The highest BCUT2D eigenvalue weighted by Gasteiger charge is 2.47. The highest BCUT2D eigenvalue weighted by molar-refractivity contribution is 6.30. The Bertz CT molecular complexity index is 984. The fraction of sp³-hybridized carbons (Fsp3) is 0.409. The van der Waals surface area contributed by atoms with Crippen molar-refractivity contribution in [2.24, 2.45) is 11.8 Å².